The molecule has 0 bridgehead atoms. The summed E-state index contributed by atoms with van der Waals surface area (Å²) >= 11 is 5.82. The van der Waals surface area contributed by atoms with Crippen molar-refractivity contribution >= 4 is 23.2 Å². The number of hydrogen-bond donors (Lipinski definition) is 1. The van der Waals surface area contributed by atoms with Crippen molar-refractivity contribution in [2.75, 3.05) is 19.7 Å². The van der Waals surface area contributed by atoms with Crippen molar-refractivity contribution in [3.05, 3.63) is 38.9 Å². The minimum Gasteiger partial charge on any atom is -0.396 e. The Balaban J connectivity index is 2.21. The molecule has 1 fully saturated rings. The molecule has 1 N–H and O–H groups in total. The second-order valence-electron chi connectivity index (χ2n) is 4.84. The number of carbonyl (C=O) groups is 1. The predicted molar refractivity (Wildman–Crippen MR) is 73.8 cm³/mol. The number of aliphatic hydroxyl groups is 1. The molecule has 0 spiro atoms. The minimum atomic E-state index is -0.579. The molecular formula is C13H15ClN2O4. The quantitative estimate of drug-likeness (QED) is 0.684. The van der Waals surface area contributed by atoms with Crippen molar-refractivity contribution in [2.24, 2.45) is 5.92 Å². The third-order valence-electron chi connectivity index (χ3n) is 3.55. The maximum Gasteiger partial charge on any atom is 0.282 e. The van der Waals surface area contributed by atoms with Gasteiger partial charge in [0.25, 0.3) is 11.6 Å². The van der Waals surface area contributed by atoms with E-state index in [0.29, 0.717) is 31.0 Å². The van der Waals surface area contributed by atoms with E-state index in [-0.39, 0.29) is 29.7 Å². The van der Waals surface area contributed by atoms with E-state index in [0.717, 1.165) is 0 Å². The van der Waals surface area contributed by atoms with Gasteiger partial charge in [0.2, 0.25) is 0 Å². The lowest BCUT2D eigenvalue weighted by Gasteiger charge is -2.31. The van der Waals surface area contributed by atoms with Crippen LogP contribution in [0.15, 0.2) is 18.2 Å². The average molecular weight is 299 g/mol. The van der Waals surface area contributed by atoms with Gasteiger partial charge in [0.05, 0.1) is 4.92 Å². The summed E-state index contributed by atoms with van der Waals surface area (Å²) in [4.78, 5) is 24.3. The molecule has 1 aliphatic rings. The molecule has 1 aliphatic heterocycles. The number of nitrogens with zero attached hydrogens (tertiary/aromatic N) is 2. The zero-order chi connectivity index (χ0) is 14.7. The zero-order valence-corrected chi connectivity index (χ0v) is 11.5. The van der Waals surface area contributed by atoms with Gasteiger partial charge >= 0.3 is 0 Å². The van der Waals surface area contributed by atoms with Gasteiger partial charge in [-0.1, -0.05) is 11.6 Å². The van der Waals surface area contributed by atoms with Crippen LogP contribution in [0.2, 0.25) is 5.02 Å². The highest BCUT2D eigenvalue weighted by Gasteiger charge is 2.28. The van der Waals surface area contributed by atoms with Crippen LogP contribution >= 0.6 is 11.6 Å². The Morgan fingerprint density at radius 1 is 1.45 bits per heavy atom. The summed E-state index contributed by atoms with van der Waals surface area (Å²) in [7, 11) is 0. The molecule has 7 heteroatoms. The fourth-order valence-electron chi connectivity index (χ4n) is 2.33. The first-order valence-electron chi connectivity index (χ1n) is 6.37. The SMILES string of the molecule is O=C(c1cc(Cl)ccc1[N+](=O)[O-])N1CCC(CO)CC1. The fraction of sp³-hybridized carbons (Fsp3) is 0.462. The zero-order valence-electron chi connectivity index (χ0n) is 10.8. The van der Waals surface area contributed by atoms with Crippen LogP contribution in [0.3, 0.4) is 0 Å². The van der Waals surface area contributed by atoms with Gasteiger partial charge in [0.15, 0.2) is 0 Å². The van der Waals surface area contributed by atoms with Crippen LogP contribution in [0.4, 0.5) is 5.69 Å². The average Bonchev–Trinajstić information content (AvgIpc) is 2.46. The Labute approximate surface area is 121 Å². The number of amides is 1. The van der Waals surface area contributed by atoms with Crippen molar-refractivity contribution < 1.29 is 14.8 Å². The Morgan fingerprint density at radius 3 is 2.65 bits per heavy atom. The summed E-state index contributed by atoms with van der Waals surface area (Å²) in [6, 6.07) is 3.98. The number of likely N-dealkylation sites (tertiary alicyclic amines) is 1. The normalized spacial score (nSPS) is 16.2. The Kier molecular flexibility index (Phi) is 4.57. The van der Waals surface area contributed by atoms with Crippen LogP contribution in [0, 0.1) is 16.0 Å². The lowest BCUT2D eigenvalue weighted by Crippen LogP contribution is -2.39. The topological polar surface area (TPSA) is 83.7 Å². The highest BCUT2D eigenvalue weighted by atomic mass is 35.5. The number of rotatable bonds is 3. The van der Waals surface area contributed by atoms with E-state index in [2.05, 4.69) is 0 Å². The molecule has 1 amide bonds. The summed E-state index contributed by atoms with van der Waals surface area (Å²) in [5.74, 6) is -0.177. The van der Waals surface area contributed by atoms with Gasteiger partial charge in [-0.05, 0) is 30.9 Å². The molecule has 6 nitrogen and oxygen atoms in total. The van der Waals surface area contributed by atoms with Crippen LogP contribution in [0.1, 0.15) is 23.2 Å². The van der Waals surface area contributed by atoms with Crippen molar-refractivity contribution in [3.63, 3.8) is 0 Å². The molecule has 2 rings (SSSR count). The third kappa shape index (κ3) is 3.08. The molecule has 0 aromatic heterocycles. The number of hydrogen-bond acceptors (Lipinski definition) is 4. The number of aliphatic hydroxyl groups excluding tert-OH is 1. The van der Waals surface area contributed by atoms with E-state index in [4.69, 9.17) is 16.7 Å². The number of nitro benzene ring substituents is 1. The Morgan fingerprint density at radius 2 is 2.10 bits per heavy atom. The monoisotopic (exact) mass is 298 g/mol. The maximum atomic E-state index is 12.4. The summed E-state index contributed by atoms with van der Waals surface area (Å²) in [5, 5.41) is 20.3. The van der Waals surface area contributed by atoms with Gasteiger partial charge in [-0.2, -0.15) is 0 Å². The molecule has 20 heavy (non-hydrogen) atoms. The van der Waals surface area contributed by atoms with Gasteiger partial charge < -0.3 is 10.0 Å². The van der Waals surface area contributed by atoms with E-state index < -0.39 is 4.92 Å². The van der Waals surface area contributed by atoms with Crippen molar-refractivity contribution in [1.29, 1.82) is 0 Å². The van der Waals surface area contributed by atoms with Gasteiger partial charge in [-0.25, -0.2) is 0 Å². The number of nitro groups is 1. The van der Waals surface area contributed by atoms with Crippen LogP contribution < -0.4 is 0 Å². The smallest absolute Gasteiger partial charge is 0.282 e. The van der Waals surface area contributed by atoms with Crippen molar-refractivity contribution in [2.45, 2.75) is 12.8 Å². The predicted octanol–water partition coefficient (Wildman–Crippen LogP) is 2.09. The van der Waals surface area contributed by atoms with Gasteiger partial charge in [-0.15, -0.1) is 0 Å². The third-order valence-corrected chi connectivity index (χ3v) is 3.78. The van der Waals surface area contributed by atoms with E-state index in [1.54, 1.807) is 4.90 Å². The molecule has 0 saturated carbocycles. The molecule has 0 radical (unpaired) electrons. The van der Waals surface area contributed by atoms with Crippen molar-refractivity contribution in [3.8, 4) is 0 Å². The van der Waals surface area contributed by atoms with Crippen LogP contribution in [-0.4, -0.2) is 40.5 Å². The number of halogens is 1. The largest absolute Gasteiger partial charge is 0.396 e. The molecule has 1 aromatic carbocycles. The Hall–Kier alpha value is -1.66. The molecule has 0 aliphatic carbocycles. The minimum absolute atomic E-state index is 0.0185. The summed E-state index contributed by atoms with van der Waals surface area (Å²) in [5.41, 5.74) is -0.214. The molecular weight excluding hydrogens is 284 g/mol. The summed E-state index contributed by atoms with van der Waals surface area (Å²) in [6.45, 7) is 1.10. The van der Waals surface area contributed by atoms with Crippen LogP contribution in [0.5, 0.6) is 0 Å². The van der Waals surface area contributed by atoms with Crippen LogP contribution in [-0.2, 0) is 0 Å². The van der Waals surface area contributed by atoms with E-state index in [9.17, 15) is 14.9 Å². The number of carbonyl (C=O) groups excluding carboxylic acids is 1. The number of piperidine rings is 1. The van der Waals surface area contributed by atoms with Gasteiger partial charge in [0, 0.05) is 30.8 Å². The van der Waals surface area contributed by atoms with Gasteiger partial charge in [0.1, 0.15) is 5.56 Å². The van der Waals surface area contributed by atoms with E-state index in [1.165, 1.54) is 18.2 Å². The molecule has 0 unspecified atom stereocenters. The highest BCUT2D eigenvalue weighted by molar-refractivity contribution is 6.31. The lowest BCUT2D eigenvalue weighted by molar-refractivity contribution is -0.385. The van der Waals surface area contributed by atoms with E-state index >= 15 is 0 Å². The molecule has 108 valence electrons. The lowest BCUT2D eigenvalue weighted by atomic mass is 9.97. The molecule has 0 atom stereocenters. The first kappa shape index (κ1) is 14.7. The van der Waals surface area contributed by atoms with Crippen LogP contribution in [0.25, 0.3) is 0 Å². The van der Waals surface area contributed by atoms with E-state index in [1.807, 2.05) is 0 Å². The Bertz CT molecular complexity index is 527. The molecule has 1 heterocycles. The number of benzene rings is 1. The molecule has 1 aromatic rings. The molecule has 1 saturated heterocycles. The fourth-order valence-corrected chi connectivity index (χ4v) is 2.50. The first-order valence-corrected chi connectivity index (χ1v) is 6.74. The van der Waals surface area contributed by atoms with Crippen molar-refractivity contribution in [1.82, 2.24) is 4.90 Å². The first-order chi connectivity index (χ1) is 9.52. The second kappa shape index (κ2) is 6.19. The maximum absolute atomic E-state index is 12.4. The van der Waals surface area contributed by atoms with Gasteiger partial charge in [-0.3, -0.25) is 14.9 Å². The highest BCUT2D eigenvalue weighted by Crippen LogP contribution is 2.26. The second-order valence-corrected chi connectivity index (χ2v) is 5.27. The standard InChI is InChI=1S/C13H15ClN2O4/c14-10-1-2-12(16(19)20)11(7-10)13(18)15-5-3-9(8-17)4-6-15/h1-2,7,9,17H,3-6,8H2. The summed E-state index contributed by atoms with van der Waals surface area (Å²) in [6.07, 6.45) is 1.41. The summed E-state index contributed by atoms with van der Waals surface area (Å²) < 4.78 is 0.